The average Bonchev–Trinajstić information content (AvgIpc) is 3.43. The van der Waals surface area contributed by atoms with Crippen molar-refractivity contribution in [3.05, 3.63) is 53.9 Å². The molecule has 1 saturated heterocycles. The number of benzene rings is 2. The van der Waals surface area contributed by atoms with Crippen LogP contribution in [-0.4, -0.2) is 41.9 Å². The third kappa shape index (κ3) is 3.65. The van der Waals surface area contributed by atoms with Gasteiger partial charge in [0.25, 0.3) is 5.89 Å². The Morgan fingerprint density at radius 3 is 2.72 bits per heavy atom. The number of ether oxygens (including phenoxy) is 3. The van der Waals surface area contributed by atoms with Gasteiger partial charge in [-0.15, -0.1) is 0 Å². The highest BCUT2D eigenvalue weighted by Crippen LogP contribution is 2.38. The number of methoxy groups -OCH3 is 1. The van der Waals surface area contributed by atoms with E-state index in [2.05, 4.69) is 27.2 Å². The molecule has 0 saturated carbocycles. The summed E-state index contributed by atoms with van der Waals surface area (Å²) in [5.41, 5.74) is 2.12. The van der Waals surface area contributed by atoms with Gasteiger partial charge in [-0.1, -0.05) is 11.2 Å². The first-order valence-corrected chi connectivity index (χ1v) is 9.91. The molecule has 2 aromatic carbocycles. The lowest BCUT2D eigenvalue weighted by atomic mass is 10.0. The summed E-state index contributed by atoms with van der Waals surface area (Å²) >= 11 is 0. The monoisotopic (exact) mass is 393 g/mol. The Labute approximate surface area is 169 Å². The van der Waals surface area contributed by atoms with Crippen LogP contribution >= 0.6 is 0 Å². The van der Waals surface area contributed by atoms with Crippen LogP contribution in [0.2, 0.25) is 0 Å². The van der Waals surface area contributed by atoms with Gasteiger partial charge < -0.3 is 18.7 Å². The maximum atomic E-state index is 5.75. The van der Waals surface area contributed by atoms with Gasteiger partial charge in [-0.25, -0.2) is 0 Å². The quantitative estimate of drug-likeness (QED) is 0.652. The molecule has 0 aliphatic carbocycles. The van der Waals surface area contributed by atoms with E-state index in [0.717, 1.165) is 42.2 Å². The van der Waals surface area contributed by atoms with Gasteiger partial charge in [0.05, 0.1) is 13.7 Å². The number of likely N-dealkylation sites (tertiary alicyclic amines) is 1. The van der Waals surface area contributed by atoms with Crippen molar-refractivity contribution in [2.75, 3.05) is 26.9 Å². The minimum atomic E-state index is 0.314. The van der Waals surface area contributed by atoms with Crippen LogP contribution in [0, 0.1) is 0 Å². The van der Waals surface area contributed by atoms with Gasteiger partial charge in [0.2, 0.25) is 0 Å². The molecule has 7 heteroatoms. The maximum Gasteiger partial charge on any atom is 0.257 e. The summed E-state index contributed by atoms with van der Waals surface area (Å²) in [6, 6.07) is 14.2. The highest BCUT2D eigenvalue weighted by molar-refractivity contribution is 5.54. The molecule has 29 heavy (non-hydrogen) atoms. The van der Waals surface area contributed by atoms with Gasteiger partial charge in [0, 0.05) is 11.6 Å². The Bertz CT molecular complexity index is 986. The fourth-order valence-electron chi connectivity index (χ4n) is 4.01. The van der Waals surface area contributed by atoms with Gasteiger partial charge >= 0.3 is 0 Å². The summed E-state index contributed by atoms with van der Waals surface area (Å²) in [7, 11) is 1.65. The van der Waals surface area contributed by atoms with Crippen LogP contribution in [0.15, 0.2) is 47.0 Å². The normalized spacial score (nSPS) is 18.7. The number of nitrogens with zero attached hydrogens (tertiary/aromatic N) is 3. The van der Waals surface area contributed by atoms with E-state index < -0.39 is 0 Å². The molecule has 7 nitrogen and oxygen atoms in total. The van der Waals surface area contributed by atoms with Crippen LogP contribution in [0.5, 0.6) is 17.2 Å². The van der Waals surface area contributed by atoms with E-state index in [-0.39, 0.29) is 0 Å². The first kappa shape index (κ1) is 18.0. The van der Waals surface area contributed by atoms with Crippen molar-refractivity contribution in [2.24, 2.45) is 0 Å². The summed E-state index contributed by atoms with van der Waals surface area (Å²) < 4.78 is 22.1. The Morgan fingerprint density at radius 2 is 1.90 bits per heavy atom. The van der Waals surface area contributed by atoms with E-state index in [0.29, 0.717) is 37.5 Å². The molecule has 3 aromatic rings. The number of hydrogen-bond donors (Lipinski definition) is 0. The van der Waals surface area contributed by atoms with Crippen molar-refractivity contribution < 1.29 is 18.7 Å². The van der Waals surface area contributed by atoms with Gasteiger partial charge in [-0.2, -0.15) is 4.98 Å². The lowest BCUT2D eigenvalue weighted by Gasteiger charge is -2.25. The van der Waals surface area contributed by atoms with Gasteiger partial charge in [0.1, 0.15) is 19.0 Å². The lowest BCUT2D eigenvalue weighted by molar-refractivity contribution is 0.170. The Hall–Kier alpha value is -3.06. The van der Waals surface area contributed by atoms with E-state index in [9.17, 15) is 0 Å². The SMILES string of the molecule is COc1ccc(-c2nc(CN3CCCC3c3ccc4c(c3)OCCO4)no2)cc1. The minimum Gasteiger partial charge on any atom is -0.497 e. The van der Waals surface area contributed by atoms with Crippen LogP contribution in [0.1, 0.15) is 30.3 Å². The van der Waals surface area contributed by atoms with Crippen LogP contribution in [0.25, 0.3) is 11.5 Å². The molecule has 0 bridgehead atoms. The zero-order valence-corrected chi connectivity index (χ0v) is 16.3. The molecular weight excluding hydrogens is 370 g/mol. The van der Waals surface area contributed by atoms with Crippen LogP contribution in [0.4, 0.5) is 0 Å². The number of hydrogen-bond acceptors (Lipinski definition) is 7. The molecule has 1 unspecified atom stereocenters. The van der Waals surface area contributed by atoms with Gasteiger partial charge in [0.15, 0.2) is 17.3 Å². The summed E-state index contributed by atoms with van der Waals surface area (Å²) in [6.45, 7) is 2.86. The van der Waals surface area contributed by atoms with Crippen molar-refractivity contribution in [3.8, 4) is 28.7 Å². The van der Waals surface area contributed by atoms with E-state index in [4.69, 9.17) is 18.7 Å². The maximum absolute atomic E-state index is 5.75. The Balaban J connectivity index is 1.31. The van der Waals surface area contributed by atoms with Crippen molar-refractivity contribution >= 4 is 0 Å². The summed E-state index contributed by atoms with van der Waals surface area (Å²) in [5.74, 6) is 3.68. The van der Waals surface area contributed by atoms with E-state index in [1.165, 1.54) is 5.56 Å². The van der Waals surface area contributed by atoms with Crippen LogP contribution < -0.4 is 14.2 Å². The molecule has 5 rings (SSSR count). The fraction of sp³-hybridized carbons (Fsp3) is 0.364. The smallest absolute Gasteiger partial charge is 0.257 e. The van der Waals surface area contributed by atoms with Crippen molar-refractivity contribution in [2.45, 2.75) is 25.4 Å². The molecule has 150 valence electrons. The van der Waals surface area contributed by atoms with Crippen LogP contribution in [0.3, 0.4) is 0 Å². The van der Waals surface area contributed by atoms with Gasteiger partial charge in [-0.3, -0.25) is 4.90 Å². The predicted octanol–water partition coefficient (Wildman–Crippen LogP) is 3.85. The Kier molecular flexibility index (Phi) is 4.81. The summed E-state index contributed by atoms with van der Waals surface area (Å²) in [5, 5.41) is 4.19. The van der Waals surface area contributed by atoms with Crippen molar-refractivity contribution in [1.82, 2.24) is 15.0 Å². The first-order valence-electron chi connectivity index (χ1n) is 9.91. The second kappa shape index (κ2) is 7.75. The molecule has 0 radical (unpaired) electrons. The molecule has 1 aromatic heterocycles. The second-order valence-corrected chi connectivity index (χ2v) is 7.28. The predicted molar refractivity (Wildman–Crippen MR) is 106 cm³/mol. The molecule has 0 spiro atoms. The topological polar surface area (TPSA) is 69.9 Å². The summed E-state index contributed by atoms with van der Waals surface area (Å²) in [6.07, 6.45) is 2.24. The zero-order chi connectivity index (χ0) is 19.6. The van der Waals surface area contributed by atoms with E-state index in [1.807, 2.05) is 30.3 Å². The molecule has 2 aliphatic rings. The molecule has 1 fully saturated rings. The molecule has 0 amide bonds. The van der Waals surface area contributed by atoms with E-state index >= 15 is 0 Å². The largest absolute Gasteiger partial charge is 0.497 e. The standard InChI is InChI=1S/C22H23N3O4/c1-26-17-7-4-15(5-8-17)22-23-21(24-29-22)14-25-10-2-3-18(25)16-6-9-19-20(13-16)28-12-11-27-19/h4-9,13,18H,2-3,10-12,14H2,1H3. The second-order valence-electron chi connectivity index (χ2n) is 7.28. The van der Waals surface area contributed by atoms with Gasteiger partial charge in [-0.05, 0) is 61.3 Å². The molecule has 1 atom stereocenters. The van der Waals surface area contributed by atoms with Crippen LogP contribution in [-0.2, 0) is 6.54 Å². The molecule has 0 N–H and O–H groups in total. The first-order chi connectivity index (χ1) is 14.3. The number of rotatable bonds is 5. The number of aromatic nitrogens is 2. The van der Waals surface area contributed by atoms with Crippen molar-refractivity contribution in [1.29, 1.82) is 0 Å². The number of fused-ring (bicyclic) bond motifs is 1. The lowest BCUT2D eigenvalue weighted by Crippen LogP contribution is -2.23. The Morgan fingerprint density at radius 1 is 1.07 bits per heavy atom. The summed E-state index contributed by atoms with van der Waals surface area (Å²) in [4.78, 5) is 6.99. The molecule has 2 aliphatic heterocycles. The molecule has 3 heterocycles. The fourth-order valence-corrected chi connectivity index (χ4v) is 4.01. The van der Waals surface area contributed by atoms with E-state index in [1.54, 1.807) is 7.11 Å². The average molecular weight is 393 g/mol. The highest BCUT2D eigenvalue weighted by atomic mass is 16.6. The van der Waals surface area contributed by atoms with Crippen molar-refractivity contribution in [3.63, 3.8) is 0 Å². The third-order valence-corrected chi connectivity index (χ3v) is 5.46. The minimum absolute atomic E-state index is 0.314. The zero-order valence-electron chi connectivity index (χ0n) is 16.3. The third-order valence-electron chi connectivity index (χ3n) is 5.46. The molecular formula is C22H23N3O4. The highest BCUT2D eigenvalue weighted by Gasteiger charge is 2.28.